The molecule has 1 aromatic heterocycles. The van der Waals surface area contributed by atoms with Crippen LogP contribution in [-0.4, -0.2) is 16.6 Å². The summed E-state index contributed by atoms with van der Waals surface area (Å²) in [4.78, 5) is 4.01. The van der Waals surface area contributed by atoms with Gasteiger partial charge >= 0.3 is 0 Å². The Morgan fingerprint density at radius 3 is 2.45 bits per heavy atom. The SMILES string of the molecule is OC(c1ccccc1)C1(CNCc2ccncc2)CC1. The molecule has 3 nitrogen and oxygen atoms in total. The van der Waals surface area contributed by atoms with Gasteiger partial charge in [-0.15, -0.1) is 0 Å². The Balaban J connectivity index is 1.57. The summed E-state index contributed by atoms with van der Waals surface area (Å²) in [5.74, 6) is 0. The van der Waals surface area contributed by atoms with Crippen LogP contribution in [0.2, 0.25) is 0 Å². The van der Waals surface area contributed by atoms with Gasteiger partial charge in [-0.2, -0.15) is 0 Å². The number of hydrogen-bond acceptors (Lipinski definition) is 3. The van der Waals surface area contributed by atoms with Crippen molar-refractivity contribution in [3.05, 3.63) is 66.0 Å². The maximum absolute atomic E-state index is 10.6. The predicted molar refractivity (Wildman–Crippen MR) is 79.0 cm³/mol. The van der Waals surface area contributed by atoms with Crippen molar-refractivity contribution in [1.82, 2.24) is 10.3 Å². The van der Waals surface area contributed by atoms with Crippen LogP contribution >= 0.6 is 0 Å². The molecule has 0 spiro atoms. The fourth-order valence-electron chi connectivity index (χ4n) is 2.65. The highest BCUT2D eigenvalue weighted by Gasteiger charge is 2.48. The van der Waals surface area contributed by atoms with Crippen LogP contribution in [0.5, 0.6) is 0 Å². The Hall–Kier alpha value is -1.71. The second kappa shape index (κ2) is 5.73. The molecule has 0 radical (unpaired) electrons. The number of pyridine rings is 1. The zero-order valence-corrected chi connectivity index (χ0v) is 11.5. The van der Waals surface area contributed by atoms with Crippen LogP contribution in [-0.2, 0) is 6.54 Å². The molecule has 0 bridgehead atoms. The third-order valence-corrected chi connectivity index (χ3v) is 4.14. The van der Waals surface area contributed by atoms with Gasteiger partial charge in [-0.25, -0.2) is 0 Å². The van der Waals surface area contributed by atoms with E-state index in [2.05, 4.69) is 10.3 Å². The third-order valence-electron chi connectivity index (χ3n) is 4.14. The van der Waals surface area contributed by atoms with Crippen molar-refractivity contribution in [3.8, 4) is 0 Å². The largest absolute Gasteiger partial charge is 0.388 e. The van der Waals surface area contributed by atoms with E-state index in [4.69, 9.17) is 0 Å². The molecule has 1 aliphatic rings. The first-order chi connectivity index (χ1) is 9.80. The fraction of sp³-hybridized carbons (Fsp3) is 0.353. The number of aromatic nitrogens is 1. The molecule has 1 atom stereocenters. The molecule has 20 heavy (non-hydrogen) atoms. The van der Waals surface area contributed by atoms with Gasteiger partial charge in [-0.05, 0) is 36.1 Å². The zero-order valence-electron chi connectivity index (χ0n) is 11.5. The summed E-state index contributed by atoms with van der Waals surface area (Å²) in [5.41, 5.74) is 2.27. The molecule has 3 rings (SSSR count). The van der Waals surface area contributed by atoms with E-state index in [1.807, 2.05) is 54.9 Å². The molecule has 0 aliphatic heterocycles. The lowest BCUT2D eigenvalue weighted by molar-refractivity contribution is 0.0917. The van der Waals surface area contributed by atoms with Gasteiger partial charge in [0.1, 0.15) is 0 Å². The Kier molecular flexibility index (Phi) is 3.81. The minimum absolute atomic E-state index is 0.0222. The molecular formula is C17H20N2O. The highest BCUT2D eigenvalue weighted by Crippen LogP contribution is 2.54. The molecule has 1 saturated carbocycles. The number of aliphatic hydroxyl groups is 1. The van der Waals surface area contributed by atoms with E-state index < -0.39 is 0 Å². The number of nitrogens with one attached hydrogen (secondary N) is 1. The quantitative estimate of drug-likeness (QED) is 0.846. The van der Waals surface area contributed by atoms with Crippen molar-refractivity contribution in [3.63, 3.8) is 0 Å². The van der Waals surface area contributed by atoms with Gasteiger partial charge in [0.15, 0.2) is 0 Å². The number of nitrogens with zero attached hydrogens (tertiary/aromatic N) is 1. The molecule has 0 saturated heterocycles. The minimum atomic E-state index is -0.367. The van der Waals surface area contributed by atoms with Gasteiger partial charge in [-0.1, -0.05) is 30.3 Å². The number of aliphatic hydroxyl groups excluding tert-OH is 1. The molecule has 1 aliphatic carbocycles. The number of benzene rings is 1. The van der Waals surface area contributed by atoms with E-state index in [0.29, 0.717) is 0 Å². The van der Waals surface area contributed by atoms with E-state index in [-0.39, 0.29) is 11.5 Å². The van der Waals surface area contributed by atoms with Gasteiger partial charge in [0, 0.05) is 30.9 Å². The molecule has 2 aromatic rings. The van der Waals surface area contributed by atoms with Crippen molar-refractivity contribution in [2.45, 2.75) is 25.5 Å². The third kappa shape index (κ3) is 2.89. The van der Waals surface area contributed by atoms with Crippen molar-refractivity contribution in [2.75, 3.05) is 6.54 Å². The van der Waals surface area contributed by atoms with Crippen LogP contribution in [0, 0.1) is 5.41 Å². The maximum Gasteiger partial charge on any atom is 0.0858 e. The van der Waals surface area contributed by atoms with Gasteiger partial charge in [-0.3, -0.25) is 4.98 Å². The summed E-state index contributed by atoms with van der Waals surface area (Å²) >= 11 is 0. The summed E-state index contributed by atoms with van der Waals surface area (Å²) < 4.78 is 0. The summed E-state index contributed by atoms with van der Waals surface area (Å²) in [6.07, 6.45) is 5.43. The average Bonchev–Trinajstić information content (AvgIpc) is 3.30. The summed E-state index contributed by atoms with van der Waals surface area (Å²) in [6, 6.07) is 14.0. The molecule has 1 heterocycles. The van der Waals surface area contributed by atoms with Crippen molar-refractivity contribution in [2.24, 2.45) is 5.41 Å². The molecule has 1 aromatic carbocycles. The van der Waals surface area contributed by atoms with Crippen molar-refractivity contribution >= 4 is 0 Å². The summed E-state index contributed by atoms with van der Waals surface area (Å²) in [7, 11) is 0. The molecule has 104 valence electrons. The van der Waals surface area contributed by atoms with E-state index in [1.54, 1.807) is 0 Å². The van der Waals surface area contributed by atoms with Crippen LogP contribution in [0.1, 0.15) is 30.1 Å². The smallest absolute Gasteiger partial charge is 0.0858 e. The topological polar surface area (TPSA) is 45.1 Å². The molecule has 2 N–H and O–H groups in total. The Labute approximate surface area is 119 Å². The van der Waals surface area contributed by atoms with Crippen LogP contribution in [0.4, 0.5) is 0 Å². The molecule has 1 fully saturated rings. The first-order valence-corrected chi connectivity index (χ1v) is 7.13. The summed E-state index contributed by atoms with van der Waals surface area (Å²) in [5, 5.41) is 14.0. The monoisotopic (exact) mass is 268 g/mol. The fourth-order valence-corrected chi connectivity index (χ4v) is 2.65. The predicted octanol–water partition coefficient (Wildman–Crippen LogP) is 2.69. The molecular weight excluding hydrogens is 248 g/mol. The second-order valence-electron chi connectivity index (χ2n) is 5.63. The van der Waals surface area contributed by atoms with Gasteiger partial charge in [0.2, 0.25) is 0 Å². The zero-order chi connectivity index (χ0) is 13.8. The Bertz CT molecular complexity index is 537. The van der Waals surface area contributed by atoms with Crippen LogP contribution in [0.25, 0.3) is 0 Å². The van der Waals surface area contributed by atoms with Crippen LogP contribution < -0.4 is 5.32 Å². The minimum Gasteiger partial charge on any atom is -0.388 e. The number of rotatable bonds is 6. The standard InChI is InChI=1S/C17H20N2O/c20-16(15-4-2-1-3-5-15)17(8-9-17)13-19-12-14-6-10-18-11-7-14/h1-7,10-11,16,19-20H,8-9,12-13H2. The number of hydrogen-bond donors (Lipinski definition) is 2. The van der Waals surface area contributed by atoms with Gasteiger partial charge in [0.05, 0.1) is 6.10 Å². The van der Waals surface area contributed by atoms with E-state index >= 15 is 0 Å². The first kappa shape index (κ1) is 13.3. The molecule has 3 heteroatoms. The van der Waals surface area contributed by atoms with Crippen molar-refractivity contribution in [1.29, 1.82) is 0 Å². The Morgan fingerprint density at radius 2 is 1.80 bits per heavy atom. The molecule has 0 amide bonds. The highest BCUT2D eigenvalue weighted by molar-refractivity contribution is 5.22. The molecule has 1 unspecified atom stereocenters. The maximum atomic E-state index is 10.6. The Morgan fingerprint density at radius 1 is 1.10 bits per heavy atom. The lowest BCUT2D eigenvalue weighted by Crippen LogP contribution is -2.28. The van der Waals surface area contributed by atoms with Crippen LogP contribution in [0.15, 0.2) is 54.9 Å². The lowest BCUT2D eigenvalue weighted by Gasteiger charge is -2.23. The van der Waals surface area contributed by atoms with E-state index in [9.17, 15) is 5.11 Å². The van der Waals surface area contributed by atoms with Crippen molar-refractivity contribution < 1.29 is 5.11 Å². The second-order valence-corrected chi connectivity index (χ2v) is 5.63. The van der Waals surface area contributed by atoms with E-state index in [0.717, 1.165) is 31.5 Å². The highest BCUT2D eigenvalue weighted by atomic mass is 16.3. The van der Waals surface area contributed by atoms with Crippen LogP contribution in [0.3, 0.4) is 0 Å². The normalized spacial score (nSPS) is 17.6. The summed E-state index contributed by atoms with van der Waals surface area (Å²) in [6.45, 7) is 1.68. The van der Waals surface area contributed by atoms with Gasteiger partial charge < -0.3 is 10.4 Å². The van der Waals surface area contributed by atoms with E-state index in [1.165, 1.54) is 5.56 Å². The average molecular weight is 268 g/mol. The first-order valence-electron chi connectivity index (χ1n) is 7.13. The van der Waals surface area contributed by atoms with Gasteiger partial charge in [0.25, 0.3) is 0 Å². The lowest BCUT2D eigenvalue weighted by atomic mass is 9.92.